The molecule has 0 unspecified atom stereocenters. The van der Waals surface area contributed by atoms with E-state index in [1.165, 1.54) is 4.90 Å². The largest absolute Gasteiger partial charge is 0.484 e. The molecule has 0 atom stereocenters. The van der Waals surface area contributed by atoms with Crippen molar-refractivity contribution in [3.8, 4) is 5.75 Å². The Kier molecular flexibility index (Phi) is 5.61. The summed E-state index contributed by atoms with van der Waals surface area (Å²) in [4.78, 5) is 37.1. The van der Waals surface area contributed by atoms with Crippen LogP contribution in [0.1, 0.15) is 16.7 Å². The highest BCUT2D eigenvalue weighted by Gasteiger charge is 2.34. The molecular weight excluding hydrogens is 364 g/mol. The van der Waals surface area contributed by atoms with Crippen LogP contribution in [0.15, 0.2) is 53.4 Å². The molecule has 1 aliphatic heterocycles. The second-order valence-electron chi connectivity index (χ2n) is 6.08. The van der Waals surface area contributed by atoms with Crippen LogP contribution in [0.3, 0.4) is 0 Å². The second kappa shape index (κ2) is 8.09. The predicted octanol–water partition coefficient (Wildman–Crippen LogP) is 3.10. The molecule has 0 aliphatic carbocycles. The van der Waals surface area contributed by atoms with E-state index in [0.717, 1.165) is 28.5 Å². The fourth-order valence-electron chi connectivity index (χ4n) is 2.48. The van der Waals surface area contributed by atoms with Crippen molar-refractivity contribution in [2.45, 2.75) is 13.5 Å². The van der Waals surface area contributed by atoms with Gasteiger partial charge in [-0.05, 0) is 48.0 Å². The molecule has 1 fully saturated rings. The van der Waals surface area contributed by atoms with Gasteiger partial charge in [0.25, 0.3) is 17.1 Å². The molecule has 1 saturated heterocycles. The normalized spacial score (nSPS) is 15.4. The zero-order chi connectivity index (χ0) is 19.4. The van der Waals surface area contributed by atoms with Gasteiger partial charge in [-0.1, -0.05) is 42.0 Å². The molecule has 27 heavy (non-hydrogen) atoms. The maximum absolute atomic E-state index is 12.6. The quantitative estimate of drug-likeness (QED) is 0.776. The van der Waals surface area contributed by atoms with Gasteiger partial charge in [0.2, 0.25) is 0 Å². The van der Waals surface area contributed by atoms with E-state index in [1.54, 1.807) is 30.3 Å². The van der Waals surface area contributed by atoms with E-state index in [1.807, 2.05) is 31.2 Å². The van der Waals surface area contributed by atoms with Gasteiger partial charge in [0, 0.05) is 0 Å². The summed E-state index contributed by atoms with van der Waals surface area (Å²) in [5, 5.41) is -0.284. The average Bonchev–Trinajstić information content (AvgIpc) is 2.90. The molecule has 0 spiro atoms. The summed E-state index contributed by atoms with van der Waals surface area (Å²) in [7, 11) is 0. The number of rotatable bonds is 6. The molecule has 0 radical (unpaired) electrons. The molecule has 2 aromatic rings. The third kappa shape index (κ3) is 4.77. The maximum atomic E-state index is 12.6. The van der Waals surface area contributed by atoms with Crippen molar-refractivity contribution in [3.05, 3.63) is 70.1 Å². The Hall–Kier alpha value is -3.06. The van der Waals surface area contributed by atoms with Crippen molar-refractivity contribution in [2.75, 3.05) is 6.61 Å². The van der Waals surface area contributed by atoms with Crippen LogP contribution in [0.2, 0.25) is 0 Å². The number of aryl methyl sites for hydroxylation is 1. The zero-order valence-corrected chi connectivity index (χ0v) is 15.5. The number of nitrogens with two attached hydrogens (primary N) is 1. The smallest absolute Gasteiger partial charge is 0.293 e. The minimum Gasteiger partial charge on any atom is -0.484 e. The minimum absolute atomic E-state index is 0.197. The summed E-state index contributed by atoms with van der Waals surface area (Å²) in [6, 6.07) is 14.5. The van der Waals surface area contributed by atoms with E-state index >= 15 is 0 Å². The monoisotopic (exact) mass is 382 g/mol. The van der Waals surface area contributed by atoms with E-state index in [0.29, 0.717) is 10.7 Å². The number of primary amides is 1. The Bertz CT molecular complexity index is 905. The summed E-state index contributed by atoms with van der Waals surface area (Å²) < 4.78 is 5.19. The number of carbonyl (C=O) groups excluding carboxylic acids is 3. The molecule has 7 heteroatoms. The number of carbonyl (C=O) groups is 3. The van der Waals surface area contributed by atoms with Crippen LogP contribution >= 0.6 is 11.8 Å². The SMILES string of the molecule is Cc1ccc(CN2C(=O)S/C(=C\c3ccc(OCC(N)=O)cc3)C2=O)cc1. The first kappa shape index (κ1) is 18.7. The molecule has 6 nitrogen and oxygen atoms in total. The lowest BCUT2D eigenvalue weighted by molar-refractivity contribution is -0.123. The van der Waals surface area contributed by atoms with Crippen LogP contribution in [0.25, 0.3) is 6.08 Å². The summed E-state index contributed by atoms with van der Waals surface area (Å²) in [6.45, 7) is 2.04. The highest BCUT2D eigenvalue weighted by molar-refractivity contribution is 8.18. The van der Waals surface area contributed by atoms with E-state index in [2.05, 4.69) is 0 Å². The van der Waals surface area contributed by atoms with Crippen molar-refractivity contribution in [1.82, 2.24) is 4.90 Å². The predicted molar refractivity (Wildman–Crippen MR) is 104 cm³/mol. The number of thioether (sulfide) groups is 1. The molecule has 0 aromatic heterocycles. The summed E-state index contributed by atoms with van der Waals surface area (Å²) in [5.41, 5.74) is 7.81. The Morgan fingerprint density at radius 2 is 1.78 bits per heavy atom. The topological polar surface area (TPSA) is 89.7 Å². The van der Waals surface area contributed by atoms with Crippen molar-refractivity contribution >= 4 is 34.9 Å². The van der Waals surface area contributed by atoms with Crippen LogP contribution in [-0.2, 0) is 16.1 Å². The lowest BCUT2D eigenvalue weighted by Crippen LogP contribution is -2.27. The molecule has 138 valence electrons. The van der Waals surface area contributed by atoms with Crippen molar-refractivity contribution in [1.29, 1.82) is 0 Å². The Labute approximate surface area is 161 Å². The van der Waals surface area contributed by atoms with Crippen LogP contribution < -0.4 is 10.5 Å². The van der Waals surface area contributed by atoms with Gasteiger partial charge in [-0.2, -0.15) is 0 Å². The van der Waals surface area contributed by atoms with Gasteiger partial charge in [-0.25, -0.2) is 0 Å². The molecule has 2 N–H and O–H groups in total. The summed E-state index contributed by atoms with van der Waals surface area (Å²) in [6.07, 6.45) is 1.66. The van der Waals surface area contributed by atoms with Gasteiger partial charge in [-0.3, -0.25) is 19.3 Å². The summed E-state index contributed by atoms with van der Waals surface area (Å²) in [5.74, 6) is -0.362. The number of benzene rings is 2. The highest BCUT2D eigenvalue weighted by atomic mass is 32.2. The van der Waals surface area contributed by atoms with E-state index in [9.17, 15) is 14.4 Å². The van der Waals surface area contributed by atoms with Gasteiger partial charge in [0.05, 0.1) is 11.4 Å². The molecule has 0 saturated carbocycles. The first-order valence-electron chi connectivity index (χ1n) is 8.24. The van der Waals surface area contributed by atoms with Gasteiger partial charge in [0.1, 0.15) is 5.75 Å². The first-order chi connectivity index (χ1) is 12.9. The molecule has 3 rings (SSSR count). The van der Waals surface area contributed by atoms with Gasteiger partial charge < -0.3 is 10.5 Å². The minimum atomic E-state index is -0.554. The second-order valence-corrected chi connectivity index (χ2v) is 7.07. The van der Waals surface area contributed by atoms with Crippen molar-refractivity contribution in [2.24, 2.45) is 5.73 Å². The third-order valence-electron chi connectivity index (χ3n) is 3.89. The van der Waals surface area contributed by atoms with E-state index in [-0.39, 0.29) is 24.3 Å². The van der Waals surface area contributed by atoms with Crippen molar-refractivity contribution < 1.29 is 19.1 Å². The third-order valence-corrected chi connectivity index (χ3v) is 4.80. The standard InChI is InChI=1S/C20H18N2O4S/c1-13-2-4-15(5-3-13)11-22-19(24)17(27-20(22)25)10-14-6-8-16(9-7-14)26-12-18(21)23/h2-10H,11-12H2,1H3,(H2,21,23)/b17-10-. The number of ether oxygens (including phenoxy) is 1. The molecule has 1 aliphatic rings. The van der Waals surface area contributed by atoms with Gasteiger partial charge in [-0.15, -0.1) is 0 Å². The average molecular weight is 382 g/mol. The Balaban J connectivity index is 1.70. The lowest BCUT2D eigenvalue weighted by atomic mass is 10.1. The number of nitrogens with zero attached hydrogens (tertiary/aromatic N) is 1. The van der Waals surface area contributed by atoms with Crippen molar-refractivity contribution in [3.63, 3.8) is 0 Å². The lowest BCUT2D eigenvalue weighted by Gasteiger charge is -2.12. The molecule has 3 amide bonds. The van der Waals surface area contributed by atoms with Crippen LogP contribution in [0.4, 0.5) is 4.79 Å². The first-order valence-corrected chi connectivity index (χ1v) is 9.06. The van der Waals surface area contributed by atoms with Gasteiger partial charge in [0.15, 0.2) is 6.61 Å². The molecular formula is C20H18N2O4S. The number of hydrogen-bond donors (Lipinski definition) is 1. The van der Waals surface area contributed by atoms with Crippen LogP contribution in [-0.4, -0.2) is 28.6 Å². The highest BCUT2D eigenvalue weighted by Crippen LogP contribution is 2.33. The number of imide groups is 1. The number of hydrogen-bond acceptors (Lipinski definition) is 5. The molecule has 2 aromatic carbocycles. The summed E-state index contributed by atoms with van der Waals surface area (Å²) >= 11 is 0.924. The Morgan fingerprint density at radius 1 is 1.11 bits per heavy atom. The fraction of sp³-hybridized carbons (Fsp3) is 0.150. The van der Waals surface area contributed by atoms with Gasteiger partial charge >= 0.3 is 0 Å². The zero-order valence-electron chi connectivity index (χ0n) is 14.7. The molecule has 1 heterocycles. The van der Waals surface area contributed by atoms with E-state index in [4.69, 9.17) is 10.5 Å². The van der Waals surface area contributed by atoms with Crippen LogP contribution in [0.5, 0.6) is 5.75 Å². The number of amides is 3. The Morgan fingerprint density at radius 3 is 2.41 bits per heavy atom. The maximum Gasteiger partial charge on any atom is 0.293 e. The molecule has 0 bridgehead atoms. The van der Waals surface area contributed by atoms with Crippen LogP contribution in [0, 0.1) is 6.92 Å². The fourth-order valence-corrected chi connectivity index (χ4v) is 3.32. The van der Waals surface area contributed by atoms with E-state index < -0.39 is 5.91 Å².